The minimum atomic E-state index is -3.85. The van der Waals surface area contributed by atoms with Gasteiger partial charge in [-0.25, -0.2) is 8.42 Å². The van der Waals surface area contributed by atoms with Crippen LogP contribution in [0.2, 0.25) is 0 Å². The molecule has 0 bridgehead atoms. The molecule has 2 aromatic rings. The number of benzene rings is 2. The monoisotopic (exact) mass is 513 g/mol. The van der Waals surface area contributed by atoms with Crippen molar-refractivity contribution in [1.82, 2.24) is 14.5 Å². The van der Waals surface area contributed by atoms with Crippen molar-refractivity contribution in [2.45, 2.75) is 82.8 Å². The fourth-order valence-corrected chi connectivity index (χ4v) is 5.73. The molecular weight excluding hydrogens is 474 g/mol. The first-order valence-electron chi connectivity index (χ1n) is 12.8. The van der Waals surface area contributed by atoms with Gasteiger partial charge in [0.2, 0.25) is 21.8 Å². The Kier molecular flexibility index (Phi) is 9.68. The number of sulfonamides is 1. The van der Waals surface area contributed by atoms with E-state index < -0.39 is 22.0 Å². The van der Waals surface area contributed by atoms with Crippen molar-refractivity contribution in [3.8, 4) is 0 Å². The number of rotatable bonds is 10. The summed E-state index contributed by atoms with van der Waals surface area (Å²) in [6.07, 6.45) is 5.70. The minimum absolute atomic E-state index is 0.126. The van der Waals surface area contributed by atoms with E-state index in [1.165, 1.54) is 18.4 Å². The molecule has 0 aliphatic heterocycles. The van der Waals surface area contributed by atoms with Crippen LogP contribution in [0.15, 0.2) is 53.4 Å². The van der Waals surface area contributed by atoms with Crippen molar-refractivity contribution in [2.75, 3.05) is 13.6 Å². The molecular formula is C28H39N3O4S. The molecule has 0 radical (unpaired) electrons. The second-order valence-corrected chi connectivity index (χ2v) is 11.9. The van der Waals surface area contributed by atoms with Crippen molar-refractivity contribution in [2.24, 2.45) is 0 Å². The van der Waals surface area contributed by atoms with Crippen LogP contribution >= 0.6 is 0 Å². The molecule has 1 aliphatic rings. The molecule has 2 amide bonds. The molecule has 0 aromatic heterocycles. The Bertz CT molecular complexity index is 1120. The van der Waals surface area contributed by atoms with E-state index in [0.29, 0.717) is 6.42 Å². The molecule has 1 aliphatic carbocycles. The molecule has 1 N–H and O–H groups in total. The Labute approximate surface area is 215 Å². The zero-order valence-electron chi connectivity index (χ0n) is 21.9. The number of nitrogens with one attached hydrogen (secondary N) is 1. The maximum atomic E-state index is 13.6. The predicted octanol–water partition coefficient (Wildman–Crippen LogP) is 4.18. The van der Waals surface area contributed by atoms with Crippen LogP contribution in [-0.2, 0) is 26.2 Å². The maximum absolute atomic E-state index is 13.6. The quantitative estimate of drug-likeness (QED) is 0.516. The van der Waals surface area contributed by atoms with E-state index in [9.17, 15) is 18.0 Å². The molecule has 3 rings (SSSR count). The SMILES string of the molecule is CC[C@H](C(=O)NC1CCCCC1)N(Cc1ccc(C)cc1)C(=O)CN(C)S(=O)(=O)c1ccc(C)cc1. The van der Waals surface area contributed by atoms with Crippen molar-refractivity contribution in [1.29, 1.82) is 0 Å². The Morgan fingerprint density at radius 2 is 1.50 bits per heavy atom. The van der Waals surface area contributed by atoms with Gasteiger partial charge in [0.25, 0.3) is 0 Å². The predicted molar refractivity (Wildman–Crippen MR) is 142 cm³/mol. The van der Waals surface area contributed by atoms with Gasteiger partial charge in [-0.2, -0.15) is 4.31 Å². The van der Waals surface area contributed by atoms with Crippen LogP contribution in [0, 0.1) is 13.8 Å². The second-order valence-electron chi connectivity index (χ2n) is 9.85. The first-order chi connectivity index (χ1) is 17.1. The number of hydrogen-bond acceptors (Lipinski definition) is 4. The first kappa shape index (κ1) is 27.9. The standard InChI is InChI=1S/C28H39N3O4S/c1-5-26(28(33)29-24-9-7-6-8-10-24)31(19-23-15-11-21(2)12-16-23)27(32)20-30(4)36(34,35)25-17-13-22(3)14-18-25/h11-18,24,26H,5-10,19-20H2,1-4H3,(H,29,33)/t26-/m1/s1. The highest BCUT2D eigenvalue weighted by Gasteiger charge is 2.32. The maximum Gasteiger partial charge on any atom is 0.243 e. The lowest BCUT2D eigenvalue weighted by Crippen LogP contribution is -2.53. The third-order valence-electron chi connectivity index (χ3n) is 6.90. The number of hydrogen-bond donors (Lipinski definition) is 1. The van der Waals surface area contributed by atoms with Crippen LogP contribution in [0.1, 0.15) is 62.1 Å². The van der Waals surface area contributed by atoms with Gasteiger partial charge < -0.3 is 10.2 Å². The molecule has 36 heavy (non-hydrogen) atoms. The lowest BCUT2D eigenvalue weighted by atomic mass is 9.95. The number of aryl methyl sites for hydroxylation is 2. The Morgan fingerprint density at radius 3 is 2.06 bits per heavy atom. The molecule has 1 fully saturated rings. The summed E-state index contributed by atoms with van der Waals surface area (Å²) in [5.41, 5.74) is 2.94. The van der Waals surface area contributed by atoms with E-state index in [2.05, 4.69) is 5.32 Å². The number of likely N-dealkylation sites (N-methyl/N-ethyl adjacent to an activating group) is 1. The Morgan fingerprint density at radius 1 is 0.944 bits per heavy atom. The van der Waals surface area contributed by atoms with Crippen LogP contribution in [0.5, 0.6) is 0 Å². The van der Waals surface area contributed by atoms with Crippen molar-refractivity contribution in [3.63, 3.8) is 0 Å². The lowest BCUT2D eigenvalue weighted by Gasteiger charge is -2.33. The fraction of sp³-hybridized carbons (Fsp3) is 0.500. The molecule has 0 spiro atoms. The van der Waals surface area contributed by atoms with E-state index in [-0.39, 0.29) is 29.9 Å². The molecule has 7 nitrogen and oxygen atoms in total. The van der Waals surface area contributed by atoms with Gasteiger partial charge in [0, 0.05) is 19.6 Å². The topological polar surface area (TPSA) is 86.8 Å². The molecule has 2 aromatic carbocycles. The van der Waals surface area contributed by atoms with Crippen LogP contribution in [-0.4, -0.2) is 55.1 Å². The van der Waals surface area contributed by atoms with Crippen LogP contribution in [0.3, 0.4) is 0 Å². The molecule has 1 atom stereocenters. The summed E-state index contributed by atoms with van der Waals surface area (Å²) in [7, 11) is -2.45. The van der Waals surface area contributed by atoms with Crippen molar-refractivity contribution < 1.29 is 18.0 Å². The van der Waals surface area contributed by atoms with Gasteiger partial charge in [0.05, 0.1) is 11.4 Å². The van der Waals surface area contributed by atoms with Gasteiger partial charge in [-0.1, -0.05) is 73.7 Å². The van der Waals surface area contributed by atoms with E-state index >= 15 is 0 Å². The molecule has 8 heteroatoms. The van der Waals surface area contributed by atoms with Crippen molar-refractivity contribution >= 4 is 21.8 Å². The zero-order valence-corrected chi connectivity index (χ0v) is 22.7. The highest BCUT2D eigenvalue weighted by atomic mass is 32.2. The number of nitrogens with zero attached hydrogens (tertiary/aromatic N) is 2. The highest BCUT2D eigenvalue weighted by Crippen LogP contribution is 2.20. The summed E-state index contributed by atoms with van der Waals surface area (Å²) < 4.78 is 27.3. The summed E-state index contributed by atoms with van der Waals surface area (Å²) in [6, 6.07) is 13.8. The van der Waals surface area contributed by atoms with Gasteiger partial charge >= 0.3 is 0 Å². The number of carbonyl (C=O) groups is 2. The van der Waals surface area contributed by atoms with Gasteiger partial charge in [-0.3, -0.25) is 9.59 Å². The van der Waals surface area contributed by atoms with E-state index in [1.807, 2.05) is 45.0 Å². The van der Waals surface area contributed by atoms with Gasteiger partial charge in [0.15, 0.2) is 0 Å². The van der Waals surface area contributed by atoms with E-state index in [0.717, 1.165) is 46.7 Å². The third kappa shape index (κ3) is 7.17. The summed E-state index contributed by atoms with van der Waals surface area (Å²) in [5, 5.41) is 3.15. The minimum Gasteiger partial charge on any atom is -0.352 e. The Hall–Kier alpha value is -2.71. The molecule has 196 valence electrons. The highest BCUT2D eigenvalue weighted by molar-refractivity contribution is 7.89. The summed E-state index contributed by atoms with van der Waals surface area (Å²) in [6.45, 7) is 5.64. The molecule has 0 unspecified atom stereocenters. The number of amides is 2. The second kappa shape index (κ2) is 12.5. The fourth-order valence-electron chi connectivity index (χ4n) is 4.61. The van der Waals surface area contributed by atoms with Crippen LogP contribution < -0.4 is 5.32 Å². The smallest absolute Gasteiger partial charge is 0.243 e. The molecule has 0 saturated heterocycles. The normalized spacial score (nSPS) is 15.5. The van der Waals surface area contributed by atoms with Gasteiger partial charge in [-0.05, 0) is 50.8 Å². The van der Waals surface area contributed by atoms with Crippen LogP contribution in [0.4, 0.5) is 0 Å². The zero-order chi connectivity index (χ0) is 26.3. The van der Waals surface area contributed by atoms with Crippen LogP contribution in [0.25, 0.3) is 0 Å². The van der Waals surface area contributed by atoms with Gasteiger partial charge in [-0.15, -0.1) is 0 Å². The first-order valence-corrected chi connectivity index (χ1v) is 14.2. The lowest BCUT2D eigenvalue weighted by molar-refractivity contribution is -0.141. The average Bonchev–Trinajstić information content (AvgIpc) is 2.86. The van der Waals surface area contributed by atoms with Crippen molar-refractivity contribution in [3.05, 3.63) is 65.2 Å². The van der Waals surface area contributed by atoms with Gasteiger partial charge in [0.1, 0.15) is 6.04 Å². The summed E-state index contributed by atoms with van der Waals surface area (Å²) in [5.74, 6) is -0.576. The largest absolute Gasteiger partial charge is 0.352 e. The Balaban J connectivity index is 1.82. The molecule has 0 heterocycles. The third-order valence-corrected chi connectivity index (χ3v) is 8.72. The van der Waals surface area contributed by atoms with E-state index in [4.69, 9.17) is 0 Å². The average molecular weight is 514 g/mol. The summed E-state index contributed by atoms with van der Waals surface area (Å²) >= 11 is 0. The number of carbonyl (C=O) groups excluding carboxylic acids is 2. The van der Waals surface area contributed by atoms with E-state index in [1.54, 1.807) is 24.3 Å². The molecule has 1 saturated carbocycles. The summed E-state index contributed by atoms with van der Waals surface area (Å²) in [4.78, 5) is 28.6.